The number of hydrogen-bond donors (Lipinski definition) is 3. The van der Waals surface area contributed by atoms with Crippen LogP contribution >= 0.6 is 0 Å². The predicted octanol–water partition coefficient (Wildman–Crippen LogP) is -1.17. The molecule has 1 rings (SSSR count). The van der Waals surface area contributed by atoms with Gasteiger partial charge in [0.25, 0.3) is 0 Å². The van der Waals surface area contributed by atoms with E-state index in [2.05, 4.69) is 0 Å². The first kappa shape index (κ1) is 13.2. The molecule has 92 valence electrons. The molecule has 4 N–H and O–H groups in total. The molecular formula is C8H11F3N2O3. The summed E-state index contributed by atoms with van der Waals surface area (Å²) in [7, 11) is 0. The Morgan fingerprint density at radius 2 is 2.12 bits per heavy atom. The van der Waals surface area contributed by atoms with E-state index in [1.807, 2.05) is 0 Å². The molecule has 16 heavy (non-hydrogen) atoms. The molecule has 0 aliphatic carbocycles. The number of halogens is 3. The van der Waals surface area contributed by atoms with Gasteiger partial charge in [-0.15, -0.1) is 0 Å². The van der Waals surface area contributed by atoms with Crippen molar-refractivity contribution in [2.45, 2.75) is 30.5 Å². The van der Waals surface area contributed by atoms with E-state index in [0.717, 1.165) is 0 Å². The molecule has 5 nitrogen and oxygen atoms in total. The van der Waals surface area contributed by atoms with Crippen LogP contribution in [0, 0.1) is 6.92 Å². The lowest BCUT2D eigenvalue weighted by atomic mass is 10.1. The Bertz CT molecular complexity index is 272. The van der Waals surface area contributed by atoms with Gasteiger partial charge in [-0.05, 0) is 6.92 Å². The highest BCUT2D eigenvalue weighted by Crippen LogP contribution is 2.22. The molecule has 0 aromatic carbocycles. The van der Waals surface area contributed by atoms with Crippen molar-refractivity contribution in [3.05, 3.63) is 6.92 Å². The lowest BCUT2D eigenvalue weighted by Crippen LogP contribution is -2.51. The van der Waals surface area contributed by atoms with E-state index in [1.54, 1.807) is 5.32 Å². The van der Waals surface area contributed by atoms with Gasteiger partial charge in [-0.1, -0.05) is 0 Å². The zero-order chi connectivity index (χ0) is 12.5. The van der Waals surface area contributed by atoms with Crippen LogP contribution in [0.3, 0.4) is 0 Å². The summed E-state index contributed by atoms with van der Waals surface area (Å²) >= 11 is 0. The van der Waals surface area contributed by atoms with Gasteiger partial charge >= 0.3 is 12.1 Å². The zero-order valence-electron chi connectivity index (χ0n) is 8.07. The van der Waals surface area contributed by atoms with Gasteiger partial charge in [-0.2, -0.15) is 13.2 Å². The van der Waals surface area contributed by atoms with Crippen LogP contribution < -0.4 is 11.1 Å². The minimum atomic E-state index is -5.03. The van der Waals surface area contributed by atoms with Gasteiger partial charge in [-0.3, -0.25) is 4.79 Å². The average molecular weight is 240 g/mol. The third-order valence-corrected chi connectivity index (χ3v) is 2.22. The average Bonchev–Trinajstić information content (AvgIpc) is 2.43. The molecule has 1 saturated heterocycles. The molecule has 0 saturated carbocycles. The number of alkyl halides is 3. The van der Waals surface area contributed by atoms with Crippen LogP contribution in [0.15, 0.2) is 0 Å². The van der Waals surface area contributed by atoms with E-state index >= 15 is 0 Å². The van der Waals surface area contributed by atoms with E-state index in [4.69, 9.17) is 17.4 Å². The maximum Gasteiger partial charge on any atom is 0.471 e. The van der Waals surface area contributed by atoms with Crippen LogP contribution in [0.25, 0.3) is 0 Å². The molecule has 8 heteroatoms. The van der Waals surface area contributed by atoms with Gasteiger partial charge < -0.3 is 20.9 Å². The van der Waals surface area contributed by atoms with E-state index in [0.29, 0.717) is 0 Å². The molecule has 1 amide bonds. The number of amides is 1. The predicted molar refractivity (Wildman–Crippen MR) is 46.0 cm³/mol. The largest absolute Gasteiger partial charge is 0.471 e. The number of nitrogens with one attached hydrogen (secondary N) is 1. The van der Waals surface area contributed by atoms with Gasteiger partial charge in [0.2, 0.25) is 0 Å². The topological polar surface area (TPSA) is 84.6 Å². The van der Waals surface area contributed by atoms with Crippen molar-refractivity contribution in [2.24, 2.45) is 5.73 Å². The first-order valence-corrected chi connectivity index (χ1v) is 4.44. The van der Waals surface area contributed by atoms with E-state index in [9.17, 15) is 23.1 Å². The highest BCUT2D eigenvalue weighted by Gasteiger charge is 2.46. The summed E-state index contributed by atoms with van der Waals surface area (Å²) in [6, 6.07) is -1.32. The van der Waals surface area contributed by atoms with Gasteiger partial charge in [0.1, 0.15) is 6.10 Å². The Morgan fingerprint density at radius 3 is 2.50 bits per heavy atom. The third kappa shape index (κ3) is 2.63. The lowest BCUT2D eigenvalue weighted by molar-refractivity contribution is -0.175. The summed E-state index contributed by atoms with van der Waals surface area (Å²) < 4.78 is 40.7. The molecule has 1 heterocycles. The SMILES string of the molecule is [CH][C@@H]1O[C@H](CN)[C@H](O)C1NC(=O)C(F)(F)F. The number of hydrogen-bond acceptors (Lipinski definition) is 4. The standard InChI is InChI=1S/C8H11F3N2O3/c1-3-5(6(14)4(2-12)16-3)13-7(15)8(9,10)11/h1,3-6,14H,2,12H2,(H,13,15)/t3-,4+,5?,6-/m0/s1. The van der Waals surface area contributed by atoms with Crippen molar-refractivity contribution >= 4 is 5.91 Å². The summed E-state index contributed by atoms with van der Waals surface area (Å²) in [5.41, 5.74) is 5.19. The van der Waals surface area contributed by atoms with Crippen molar-refractivity contribution in [2.75, 3.05) is 6.54 Å². The lowest BCUT2D eigenvalue weighted by Gasteiger charge is -2.20. The van der Waals surface area contributed by atoms with Crippen LogP contribution in [0.1, 0.15) is 0 Å². The second-order valence-electron chi connectivity index (χ2n) is 3.36. The van der Waals surface area contributed by atoms with Crippen LogP contribution in [0.2, 0.25) is 0 Å². The Kier molecular flexibility index (Phi) is 3.76. The molecule has 1 aliphatic rings. The second kappa shape index (κ2) is 4.56. The normalized spacial score (nSPS) is 35.1. The van der Waals surface area contributed by atoms with E-state index in [1.165, 1.54) is 0 Å². The minimum absolute atomic E-state index is 0.104. The number of aliphatic hydroxyl groups is 1. The molecule has 0 bridgehead atoms. The molecule has 0 aromatic heterocycles. The smallest absolute Gasteiger partial charge is 0.388 e. The van der Waals surface area contributed by atoms with Gasteiger partial charge in [0, 0.05) is 6.54 Å². The zero-order valence-corrected chi connectivity index (χ0v) is 8.07. The number of aliphatic hydroxyl groups excluding tert-OH is 1. The van der Waals surface area contributed by atoms with Crippen molar-refractivity contribution in [1.82, 2.24) is 5.32 Å². The first-order chi connectivity index (χ1) is 7.27. The monoisotopic (exact) mass is 240 g/mol. The van der Waals surface area contributed by atoms with Crippen LogP contribution in [0.4, 0.5) is 13.2 Å². The molecule has 1 fully saturated rings. The van der Waals surface area contributed by atoms with Crippen LogP contribution in [0.5, 0.6) is 0 Å². The number of ether oxygens (including phenoxy) is 1. The van der Waals surface area contributed by atoms with Crippen molar-refractivity contribution in [3.63, 3.8) is 0 Å². The first-order valence-electron chi connectivity index (χ1n) is 4.44. The number of nitrogens with two attached hydrogens (primary N) is 1. The Balaban J connectivity index is 2.64. The second-order valence-corrected chi connectivity index (χ2v) is 3.36. The fourth-order valence-electron chi connectivity index (χ4n) is 1.39. The number of carbonyl (C=O) groups is 1. The van der Waals surface area contributed by atoms with Crippen molar-refractivity contribution < 1.29 is 27.8 Å². The van der Waals surface area contributed by atoms with Crippen LogP contribution in [-0.2, 0) is 9.53 Å². The molecule has 0 spiro atoms. The van der Waals surface area contributed by atoms with Gasteiger partial charge in [-0.25, -0.2) is 0 Å². The van der Waals surface area contributed by atoms with E-state index in [-0.39, 0.29) is 6.54 Å². The van der Waals surface area contributed by atoms with Gasteiger partial charge in [0.05, 0.1) is 18.2 Å². The van der Waals surface area contributed by atoms with E-state index < -0.39 is 36.4 Å². The fourth-order valence-corrected chi connectivity index (χ4v) is 1.39. The Hall–Kier alpha value is -0.860. The summed E-state index contributed by atoms with van der Waals surface area (Å²) in [6.07, 6.45) is -8.48. The summed E-state index contributed by atoms with van der Waals surface area (Å²) in [5, 5.41) is 11.0. The highest BCUT2D eigenvalue weighted by atomic mass is 19.4. The molecule has 2 radical (unpaired) electrons. The highest BCUT2D eigenvalue weighted by molar-refractivity contribution is 5.82. The number of rotatable bonds is 2. The van der Waals surface area contributed by atoms with Crippen LogP contribution in [-0.4, -0.2) is 48.1 Å². The maximum atomic E-state index is 11.9. The summed E-state index contributed by atoms with van der Waals surface area (Å²) in [4.78, 5) is 10.6. The van der Waals surface area contributed by atoms with Crippen molar-refractivity contribution in [1.29, 1.82) is 0 Å². The third-order valence-electron chi connectivity index (χ3n) is 2.22. The molecular weight excluding hydrogens is 229 g/mol. The Labute approximate surface area is 89.7 Å². The Morgan fingerprint density at radius 1 is 1.56 bits per heavy atom. The van der Waals surface area contributed by atoms with Gasteiger partial charge in [0.15, 0.2) is 0 Å². The quantitative estimate of drug-likeness (QED) is 0.568. The summed E-state index contributed by atoms with van der Waals surface area (Å²) in [6.45, 7) is 5.20. The minimum Gasteiger partial charge on any atom is -0.388 e. The fraction of sp³-hybridized carbons (Fsp3) is 0.750. The molecule has 0 aromatic rings. The molecule has 1 unspecified atom stereocenters. The molecule has 4 atom stereocenters. The summed E-state index contributed by atoms with van der Waals surface area (Å²) in [5.74, 6) is -2.17. The maximum absolute atomic E-state index is 11.9. The van der Waals surface area contributed by atoms with Crippen molar-refractivity contribution in [3.8, 4) is 0 Å². The molecule has 1 aliphatic heterocycles. The number of carbonyl (C=O) groups excluding carboxylic acids is 1.